The number of carbonyl (C=O) groups is 1. The zero-order chi connectivity index (χ0) is 21.8. The van der Waals surface area contributed by atoms with Gasteiger partial charge >= 0.3 is 0 Å². The Morgan fingerprint density at radius 2 is 1.81 bits per heavy atom. The first kappa shape index (κ1) is 21.0. The van der Waals surface area contributed by atoms with E-state index in [1.54, 1.807) is 7.11 Å². The molecule has 0 radical (unpaired) electrons. The highest BCUT2D eigenvalue weighted by atomic mass is 32.1. The minimum Gasteiger partial charge on any atom is -0.495 e. The molecule has 3 aromatic rings. The smallest absolute Gasteiger partial charge is 0.229 e. The number of hydrogen-bond donors (Lipinski definition) is 1. The fraction of sp³-hybridized carbons (Fsp3) is 0.364. The lowest BCUT2D eigenvalue weighted by atomic mass is 10.2. The number of aryl methyl sites for hydroxylation is 2. The standard InChI is InChI=1S/C22H26N6O2S/c1-15-12-16(2)24-21(23-15)26-22-25-17(14-31-22)13-20(29)28-10-8-27(9-11-28)18-6-4-5-7-19(18)30-3/h4-7,12,14H,8-11,13H2,1-3H3,(H,23,24,25,26). The molecule has 1 aliphatic rings. The molecule has 2 aromatic heterocycles. The zero-order valence-corrected chi connectivity index (χ0v) is 18.8. The Bertz CT molecular complexity index is 1040. The van der Waals surface area contributed by atoms with Crippen LogP contribution in [0.3, 0.4) is 0 Å². The van der Waals surface area contributed by atoms with Gasteiger partial charge in [0.2, 0.25) is 11.9 Å². The number of hydrogen-bond acceptors (Lipinski definition) is 8. The molecular weight excluding hydrogens is 412 g/mol. The summed E-state index contributed by atoms with van der Waals surface area (Å²) in [6, 6.07) is 9.91. The van der Waals surface area contributed by atoms with Crippen molar-refractivity contribution < 1.29 is 9.53 Å². The summed E-state index contributed by atoms with van der Waals surface area (Å²) >= 11 is 1.45. The molecule has 1 N–H and O–H groups in total. The quantitative estimate of drug-likeness (QED) is 0.633. The van der Waals surface area contributed by atoms with Gasteiger partial charge in [-0.1, -0.05) is 12.1 Å². The number of nitrogens with one attached hydrogen (secondary N) is 1. The molecule has 1 aliphatic heterocycles. The molecule has 8 nitrogen and oxygen atoms in total. The maximum Gasteiger partial charge on any atom is 0.229 e. The van der Waals surface area contributed by atoms with Crippen molar-refractivity contribution in [1.82, 2.24) is 19.9 Å². The van der Waals surface area contributed by atoms with Crippen molar-refractivity contribution >= 4 is 34.0 Å². The lowest BCUT2D eigenvalue weighted by Crippen LogP contribution is -2.49. The Morgan fingerprint density at radius 1 is 1.10 bits per heavy atom. The molecule has 4 rings (SSSR count). The minimum atomic E-state index is 0.0965. The summed E-state index contributed by atoms with van der Waals surface area (Å²) in [5.41, 5.74) is 3.62. The Kier molecular flexibility index (Phi) is 6.31. The molecular formula is C22H26N6O2S. The predicted octanol–water partition coefficient (Wildman–Crippen LogP) is 3.19. The van der Waals surface area contributed by atoms with Crippen molar-refractivity contribution in [2.75, 3.05) is 43.5 Å². The first-order valence-corrected chi connectivity index (χ1v) is 11.1. The molecule has 31 heavy (non-hydrogen) atoms. The molecule has 1 aromatic carbocycles. The average Bonchev–Trinajstić information content (AvgIpc) is 3.19. The van der Waals surface area contributed by atoms with Gasteiger partial charge in [-0.2, -0.15) is 0 Å². The number of carbonyl (C=O) groups excluding carboxylic acids is 1. The van der Waals surface area contributed by atoms with Crippen LogP contribution in [-0.2, 0) is 11.2 Å². The summed E-state index contributed by atoms with van der Waals surface area (Å²) < 4.78 is 5.47. The number of rotatable bonds is 6. The van der Waals surface area contributed by atoms with E-state index in [9.17, 15) is 4.79 Å². The van der Waals surface area contributed by atoms with Gasteiger partial charge in [0.15, 0.2) is 5.13 Å². The van der Waals surface area contributed by atoms with E-state index in [2.05, 4.69) is 31.2 Å². The van der Waals surface area contributed by atoms with Gasteiger partial charge in [0.05, 0.1) is 24.9 Å². The van der Waals surface area contributed by atoms with Crippen LogP contribution < -0.4 is 15.0 Å². The average molecular weight is 439 g/mol. The number of aromatic nitrogens is 3. The maximum atomic E-state index is 12.8. The number of ether oxygens (including phenoxy) is 1. The van der Waals surface area contributed by atoms with E-state index in [0.29, 0.717) is 30.6 Å². The number of para-hydroxylation sites is 2. The van der Waals surface area contributed by atoms with Crippen LogP contribution in [0.4, 0.5) is 16.8 Å². The van der Waals surface area contributed by atoms with Crippen molar-refractivity contribution in [3.63, 3.8) is 0 Å². The van der Waals surface area contributed by atoms with E-state index >= 15 is 0 Å². The summed E-state index contributed by atoms with van der Waals surface area (Å²) in [6.07, 6.45) is 0.292. The van der Waals surface area contributed by atoms with E-state index in [4.69, 9.17) is 4.74 Å². The van der Waals surface area contributed by atoms with Gasteiger partial charge in [-0.15, -0.1) is 11.3 Å². The van der Waals surface area contributed by atoms with Gasteiger partial charge in [-0.3, -0.25) is 4.79 Å². The van der Waals surface area contributed by atoms with Gasteiger partial charge in [0.25, 0.3) is 0 Å². The van der Waals surface area contributed by atoms with Crippen LogP contribution >= 0.6 is 11.3 Å². The van der Waals surface area contributed by atoms with Crippen LogP contribution in [0.25, 0.3) is 0 Å². The first-order valence-electron chi connectivity index (χ1n) is 10.2. The monoisotopic (exact) mass is 438 g/mol. The van der Waals surface area contributed by atoms with Gasteiger partial charge in [-0.25, -0.2) is 15.0 Å². The number of benzene rings is 1. The molecule has 1 amide bonds. The summed E-state index contributed by atoms with van der Waals surface area (Å²) in [6.45, 7) is 6.78. The van der Waals surface area contributed by atoms with Gasteiger partial charge < -0.3 is 19.9 Å². The lowest BCUT2D eigenvalue weighted by molar-refractivity contribution is -0.130. The third-order valence-electron chi connectivity index (χ3n) is 5.14. The number of anilines is 3. The third-order valence-corrected chi connectivity index (χ3v) is 5.95. The van der Waals surface area contributed by atoms with Gasteiger partial charge in [-0.05, 0) is 32.0 Å². The summed E-state index contributed by atoms with van der Waals surface area (Å²) in [5, 5.41) is 5.73. The number of thiazole rings is 1. The molecule has 1 fully saturated rings. The second-order valence-electron chi connectivity index (χ2n) is 7.46. The fourth-order valence-electron chi connectivity index (χ4n) is 3.68. The zero-order valence-electron chi connectivity index (χ0n) is 18.0. The predicted molar refractivity (Wildman–Crippen MR) is 122 cm³/mol. The van der Waals surface area contributed by atoms with Crippen LogP contribution in [-0.4, -0.2) is 59.0 Å². The van der Waals surface area contributed by atoms with Crippen LogP contribution in [0.1, 0.15) is 17.1 Å². The molecule has 3 heterocycles. The number of methoxy groups -OCH3 is 1. The molecule has 0 unspecified atom stereocenters. The first-order chi connectivity index (χ1) is 15.0. The third kappa shape index (κ3) is 5.11. The van der Waals surface area contributed by atoms with E-state index in [-0.39, 0.29) is 5.91 Å². The van der Waals surface area contributed by atoms with Crippen LogP contribution in [0.2, 0.25) is 0 Å². The van der Waals surface area contributed by atoms with Crippen LogP contribution in [0.15, 0.2) is 35.7 Å². The molecule has 0 bridgehead atoms. The SMILES string of the molecule is COc1ccccc1N1CCN(C(=O)Cc2csc(Nc3nc(C)cc(C)n3)n2)CC1. The van der Waals surface area contributed by atoms with E-state index in [0.717, 1.165) is 41.6 Å². The van der Waals surface area contributed by atoms with Crippen molar-refractivity contribution in [2.45, 2.75) is 20.3 Å². The highest BCUT2D eigenvalue weighted by Crippen LogP contribution is 2.28. The highest BCUT2D eigenvalue weighted by molar-refractivity contribution is 7.13. The van der Waals surface area contributed by atoms with E-state index in [1.807, 2.05) is 48.4 Å². The summed E-state index contributed by atoms with van der Waals surface area (Å²) in [7, 11) is 1.68. The van der Waals surface area contributed by atoms with E-state index in [1.165, 1.54) is 11.3 Å². The molecule has 1 saturated heterocycles. The molecule has 162 valence electrons. The lowest BCUT2D eigenvalue weighted by Gasteiger charge is -2.36. The Labute approximate surface area is 185 Å². The Balaban J connectivity index is 1.32. The molecule has 0 saturated carbocycles. The number of amides is 1. The van der Waals surface area contributed by atoms with Gasteiger partial charge in [0.1, 0.15) is 5.75 Å². The second kappa shape index (κ2) is 9.30. The molecule has 0 spiro atoms. The van der Waals surface area contributed by atoms with Crippen LogP contribution in [0, 0.1) is 13.8 Å². The Morgan fingerprint density at radius 3 is 2.52 bits per heavy atom. The van der Waals surface area contributed by atoms with E-state index < -0.39 is 0 Å². The largest absolute Gasteiger partial charge is 0.495 e. The van der Waals surface area contributed by atoms with Gasteiger partial charge in [0, 0.05) is 42.9 Å². The second-order valence-corrected chi connectivity index (χ2v) is 8.32. The maximum absolute atomic E-state index is 12.8. The topological polar surface area (TPSA) is 83.5 Å². The van der Waals surface area contributed by atoms with Crippen molar-refractivity contribution in [2.24, 2.45) is 0 Å². The van der Waals surface area contributed by atoms with Crippen LogP contribution in [0.5, 0.6) is 5.75 Å². The fourth-order valence-corrected chi connectivity index (χ4v) is 4.38. The van der Waals surface area contributed by atoms with Crippen molar-refractivity contribution in [3.05, 3.63) is 52.8 Å². The summed E-state index contributed by atoms with van der Waals surface area (Å²) in [4.78, 5) is 30.2. The molecule has 0 aliphatic carbocycles. The summed E-state index contributed by atoms with van der Waals surface area (Å²) in [5.74, 6) is 1.48. The van der Waals surface area contributed by atoms with Crippen molar-refractivity contribution in [3.8, 4) is 5.75 Å². The normalized spacial score (nSPS) is 13.9. The number of piperazine rings is 1. The minimum absolute atomic E-state index is 0.0965. The molecule has 0 atom stereocenters. The Hall–Kier alpha value is -3.20. The van der Waals surface area contributed by atoms with Crippen molar-refractivity contribution in [1.29, 1.82) is 0 Å². The number of nitrogens with zero attached hydrogens (tertiary/aromatic N) is 5. The highest BCUT2D eigenvalue weighted by Gasteiger charge is 2.23. The molecule has 9 heteroatoms.